The number of ether oxygens (including phenoxy) is 2. The van der Waals surface area contributed by atoms with Gasteiger partial charge in [0.25, 0.3) is 5.91 Å². The van der Waals surface area contributed by atoms with Gasteiger partial charge in [-0.1, -0.05) is 0 Å². The number of carbonyl (C=O) groups excluding carboxylic acids is 1. The van der Waals surface area contributed by atoms with Crippen LogP contribution in [0.5, 0.6) is 11.5 Å². The first-order valence-electron chi connectivity index (χ1n) is 9.79. The molecule has 2 fully saturated rings. The number of carboxylic acids is 1. The number of anilines is 1. The van der Waals surface area contributed by atoms with Gasteiger partial charge in [0.05, 0.1) is 5.69 Å². The molecule has 168 valence electrons. The van der Waals surface area contributed by atoms with Gasteiger partial charge in [0.15, 0.2) is 5.84 Å². The summed E-state index contributed by atoms with van der Waals surface area (Å²) in [5, 5.41) is 14.5. The second-order valence-corrected chi connectivity index (χ2v) is 7.67. The van der Waals surface area contributed by atoms with Crippen LogP contribution < -0.4 is 25.1 Å². The van der Waals surface area contributed by atoms with Crippen molar-refractivity contribution in [2.75, 3.05) is 24.6 Å². The lowest BCUT2D eigenvalue weighted by Gasteiger charge is -2.39. The van der Waals surface area contributed by atoms with Crippen molar-refractivity contribution in [1.29, 1.82) is 0 Å². The minimum absolute atomic E-state index is 0.108. The first-order valence-corrected chi connectivity index (χ1v) is 9.79. The molecule has 0 aromatic heterocycles. The van der Waals surface area contributed by atoms with E-state index in [1.807, 2.05) is 17.9 Å². The van der Waals surface area contributed by atoms with Crippen molar-refractivity contribution in [3.05, 3.63) is 17.7 Å². The van der Waals surface area contributed by atoms with Crippen LogP contribution in [0, 0.1) is 0 Å². The van der Waals surface area contributed by atoms with Crippen molar-refractivity contribution in [2.24, 2.45) is 5.10 Å². The normalized spacial score (nSPS) is 22.5. The number of carboxylic acid groups (broad SMARTS) is 1. The third kappa shape index (κ3) is 4.38. The Morgan fingerprint density at radius 2 is 2.00 bits per heavy atom. The van der Waals surface area contributed by atoms with E-state index in [9.17, 15) is 18.0 Å². The number of halogens is 3. The number of benzene rings is 1. The van der Waals surface area contributed by atoms with E-state index in [1.54, 1.807) is 0 Å². The number of hydrazone groups is 1. The number of amidine groups is 1. The zero-order valence-electron chi connectivity index (χ0n) is 16.5. The summed E-state index contributed by atoms with van der Waals surface area (Å²) in [6.45, 7) is 4.01. The molecule has 31 heavy (non-hydrogen) atoms. The number of hydrogen-bond acceptors (Lipinski definition) is 7. The van der Waals surface area contributed by atoms with E-state index >= 15 is 0 Å². The smallest absolute Gasteiger partial charge is 0.487 e. The standard InChI is InChI=1S/C17H20N4O3.C2HF3O2/c1-9-17(22)20-19-16-8-23-15-4-12(10-2-3-10)14(5-13(15)21(9)16)24-11-6-18-7-11;3-2(4,5)1(6)7/h4-5,9-11,18H,2-3,6-8H2,1H3,(H,20,22);(H,6,7). The molecule has 3 aliphatic heterocycles. The summed E-state index contributed by atoms with van der Waals surface area (Å²) in [5.74, 6) is 0.169. The number of carbonyl (C=O) groups is 2. The molecule has 1 saturated carbocycles. The average Bonchev–Trinajstić information content (AvgIpc) is 3.51. The zero-order valence-corrected chi connectivity index (χ0v) is 16.5. The third-order valence-corrected chi connectivity index (χ3v) is 5.34. The summed E-state index contributed by atoms with van der Waals surface area (Å²) in [5.41, 5.74) is 4.66. The number of aliphatic carboxylic acids is 1. The molecular weight excluding hydrogens is 421 g/mol. The Morgan fingerprint density at radius 3 is 2.55 bits per heavy atom. The quantitative estimate of drug-likeness (QED) is 0.652. The number of hydrogen-bond donors (Lipinski definition) is 3. The minimum Gasteiger partial charge on any atom is -0.487 e. The van der Waals surface area contributed by atoms with Crippen molar-refractivity contribution in [3.63, 3.8) is 0 Å². The molecule has 4 aliphatic rings. The van der Waals surface area contributed by atoms with Crippen molar-refractivity contribution in [1.82, 2.24) is 10.7 Å². The Hall–Kier alpha value is -3.02. The lowest BCUT2D eigenvalue weighted by Crippen LogP contribution is -2.55. The maximum absolute atomic E-state index is 12.0. The van der Waals surface area contributed by atoms with Crippen LogP contribution in [0.3, 0.4) is 0 Å². The predicted octanol–water partition coefficient (Wildman–Crippen LogP) is 1.58. The van der Waals surface area contributed by atoms with E-state index in [4.69, 9.17) is 19.4 Å². The van der Waals surface area contributed by atoms with Gasteiger partial charge in [0, 0.05) is 24.7 Å². The molecule has 1 amide bonds. The van der Waals surface area contributed by atoms with E-state index in [0.29, 0.717) is 12.5 Å². The fourth-order valence-corrected chi connectivity index (χ4v) is 3.41. The van der Waals surface area contributed by atoms with E-state index in [1.165, 1.54) is 18.4 Å². The Kier molecular flexibility index (Phi) is 5.42. The number of nitrogens with one attached hydrogen (secondary N) is 2. The highest BCUT2D eigenvalue weighted by Gasteiger charge is 2.39. The Morgan fingerprint density at radius 1 is 1.32 bits per heavy atom. The fourth-order valence-electron chi connectivity index (χ4n) is 3.41. The molecule has 1 aromatic rings. The molecule has 9 nitrogen and oxygen atoms in total. The highest BCUT2D eigenvalue weighted by molar-refractivity contribution is 6.09. The SMILES string of the molecule is CC1C(=O)NN=C2COc3cc(C4CC4)c(OC4CNC4)cc3N21.O=C(O)C(F)(F)F. The molecule has 1 saturated heterocycles. The summed E-state index contributed by atoms with van der Waals surface area (Å²) in [6, 6.07) is 3.82. The van der Waals surface area contributed by atoms with Crippen LogP contribution in [-0.4, -0.2) is 60.8 Å². The first-order chi connectivity index (χ1) is 14.6. The van der Waals surface area contributed by atoms with Gasteiger partial charge in [-0.25, -0.2) is 10.2 Å². The van der Waals surface area contributed by atoms with E-state index in [-0.39, 0.29) is 18.1 Å². The summed E-state index contributed by atoms with van der Waals surface area (Å²) < 4.78 is 43.8. The van der Waals surface area contributed by atoms with Crippen molar-refractivity contribution in [3.8, 4) is 11.5 Å². The average molecular weight is 442 g/mol. The molecular formula is C19H21F3N4O5. The summed E-state index contributed by atoms with van der Waals surface area (Å²) in [6.07, 6.45) is -2.46. The first kappa shape index (κ1) is 21.2. The molecule has 3 heterocycles. The molecule has 3 N–H and O–H groups in total. The van der Waals surface area contributed by atoms with Crippen molar-refractivity contribution >= 4 is 23.4 Å². The van der Waals surface area contributed by atoms with Gasteiger partial charge < -0.3 is 24.8 Å². The molecule has 5 rings (SSSR count). The molecule has 12 heteroatoms. The van der Waals surface area contributed by atoms with E-state index in [0.717, 1.165) is 36.1 Å². The van der Waals surface area contributed by atoms with E-state index < -0.39 is 12.1 Å². The molecule has 0 spiro atoms. The molecule has 1 atom stereocenters. The van der Waals surface area contributed by atoms with Gasteiger partial charge in [-0.05, 0) is 31.7 Å². The Labute approximate surface area is 175 Å². The molecule has 1 aromatic carbocycles. The highest BCUT2D eigenvalue weighted by Crippen LogP contribution is 2.49. The number of alkyl halides is 3. The van der Waals surface area contributed by atoms with Crippen molar-refractivity contribution < 1.29 is 37.3 Å². The van der Waals surface area contributed by atoms with Gasteiger partial charge in [-0.2, -0.15) is 18.3 Å². The third-order valence-electron chi connectivity index (χ3n) is 5.34. The van der Waals surface area contributed by atoms with E-state index in [2.05, 4.69) is 21.9 Å². The number of fused-ring (bicyclic) bond motifs is 3. The second kappa shape index (κ2) is 7.91. The zero-order chi connectivity index (χ0) is 22.3. The molecule has 0 radical (unpaired) electrons. The second-order valence-electron chi connectivity index (χ2n) is 7.67. The molecule has 1 unspecified atom stereocenters. The van der Waals surface area contributed by atoms with Gasteiger partial charge in [0.1, 0.15) is 30.3 Å². The monoisotopic (exact) mass is 442 g/mol. The highest BCUT2D eigenvalue weighted by atomic mass is 19.4. The summed E-state index contributed by atoms with van der Waals surface area (Å²) >= 11 is 0. The van der Waals surface area contributed by atoms with Crippen LogP contribution in [0.2, 0.25) is 0 Å². The summed E-state index contributed by atoms with van der Waals surface area (Å²) in [4.78, 5) is 22.9. The van der Waals surface area contributed by atoms with Crippen LogP contribution in [-0.2, 0) is 9.59 Å². The molecule has 1 aliphatic carbocycles. The number of nitrogens with zero attached hydrogens (tertiary/aromatic N) is 2. The van der Waals surface area contributed by atoms with Gasteiger partial charge >= 0.3 is 12.1 Å². The number of rotatable bonds is 3. The topological polar surface area (TPSA) is 112 Å². The number of amides is 1. The lowest BCUT2D eigenvalue weighted by atomic mass is 10.0. The minimum atomic E-state index is -5.08. The van der Waals surface area contributed by atoms with Gasteiger partial charge in [0.2, 0.25) is 0 Å². The van der Waals surface area contributed by atoms with Crippen LogP contribution in [0.15, 0.2) is 17.2 Å². The van der Waals surface area contributed by atoms with Crippen molar-refractivity contribution in [2.45, 2.75) is 44.0 Å². The van der Waals surface area contributed by atoms with Gasteiger partial charge in [-0.15, -0.1) is 0 Å². The van der Waals surface area contributed by atoms with Gasteiger partial charge in [-0.3, -0.25) is 4.79 Å². The summed E-state index contributed by atoms with van der Waals surface area (Å²) in [7, 11) is 0. The maximum atomic E-state index is 12.0. The predicted molar refractivity (Wildman–Crippen MR) is 102 cm³/mol. The van der Waals surface area contributed by atoms with Crippen LogP contribution in [0.1, 0.15) is 31.2 Å². The lowest BCUT2D eigenvalue weighted by molar-refractivity contribution is -0.192. The van der Waals surface area contributed by atoms with Crippen LogP contribution in [0.25, 0.3) is 0 Å². The largest absolute Gasteiger partial charge is 0.490 e. The Bertz CT molecular complexity index is 928. The van der Waals surface area contributed by atoms with Crippen LogP contribution in [0.4, 0.5) is 18.9 Å². The Balaban J connectivity index is 0.000000289. The molecule has 0 bridgehead atoms. The van der Waals surface area contributed by atoms with Crippen LogP contribution >= 0.6 is 0 Å². The fraction of sp³-hybridized carbons (Fsp3) is 0.526. The maximum Gasteiger partial charge on any atom is 0.490 e.